The lowest BCUT2D eigenvalue weighted by Gasteiger charge is -2.00. The molecule has 72 valence electrons. The molecule has 0 saturated heterocycles. The zero-order chi connectivity index (χ0) is 9.23. The zero-order valence-electron chi connectivity index (χ0n) is 8.42. The van der Waals surface area contributed by atoms with E-state index in [-0.39, 0.29) is 6.10 Å². The maximum atomic E-state index is 8.98. The largest absolute Gasteiger partial charge is 0.393 e. The summed E-state index contributed by atoms with van der Waals surface area (Å²) in [4.78, 5) is 0. The van der Waals surface area contributed by atoms with Gasteiger partial charge in [0, 0.05) is 0 Å². The molecule has 12 heavy (non-hydrogen) atoms. The summed E-state index contributed by atoms with van der Waals surface area (Å²) in [6, 6.07) is 0. The minimum absolute atomic E-state index is 0.121. The Balaban J connectivity index is 3.00. The van der Waals surface area contributed by atoms with Crippen molar-refractivity contribution in [3.8, 4) is 0 Å². The van der Waals surface area contributed by atoms with E-state index in [1.54, 1.807) is 0 Å². The first-order chi connectivity index (χ1) is 5.77. The van der Waals surface area contributed by atoms with Gasteiger partial charge in [-0.3, -0.25) is 0 Å². The minimum Gasteiger partial charge on any atom is -0.393 e. The number of rotatable bonds is 7. The first-order valence-electron chi connectivity index (χ1n) is 5.10. The minimum atomic E-state index is -0.121. The highest BCUT2D eigenvalue weighted by molar-refractivity contribution is 4.80. The fourth-order valence-corrected chi connectivity index (χ4v) is 1.10. The highest BCUT2D eigenvalue weighted by atomic mass is 16.3. The van der Waals surface area contributed by atoms with Crippen molar-refractivity contribution < 1.29 is 5.11 Å². The topological polar surface area (TPSA) is 20.2 Å². The molecule has 1 N–H and O–H groups in total. The Labute approximate surface area is 76.5 Å². The fraction of sp³-hybridized carbons (Fsp3) is 0.818. The third-order valence-corrected chi connectivity index (χ3v) is 1.86. The predicted molar refractivity (Wildman–Crippen MR) is 54.2 cm³/mol. The van der Waals surface area contributed by atoms with Crippen LogP contribution < -0.4 is 0 Å². The summed E-state index contributed by atoms with van der Waals surface area (Å²) in [7, 11) is 0. The Bertz CT molecular complexity index is 106. The van der Waals surface area contributed by atoms with Crippen LogP contribution >= 0.6 is 0 Å². The molecule has 1 atom stereocenters. The van der Waals surface area contributed by atoms with E-state index < -0.39 is 0 Å². The van der Waals surface area contributed by atoms with E-state index >= 15 is 0 Å². The summed E-state index contributed by atoms with van der Waals surface area (Å²) >= 11 is 0. The van der Waals surface area contributed by atoms with Gasteiger partial charge >= 0.3 is 0 Å². The molecule has 0 radical (unpaired) electrons. The Morgan fingerprint density at radius 2 is 1.83 bits per heavy atom. The monoisotopic (exact) mass is 170 g/mol. The van der Waals surface area contributed by atoms with Crippen molar-refractivity contribution in [2.24, 2.45) is 0 Å². The molecule has 0 aliphatic carbocycles. The van der Waals surface area contributed by atoms with E-state index in [1.165, 1.54) is 25.7 Å². The lowest BCUT2D eigenvalue weighted by Crippen LogP contribution is -1.97. The van der Waals surface area contributed by atoms with Crippen LogP contribution in [-0.4, -0.2) is 11.2 Å². The van der Waals surface area contributed by atoms with Crippen LogP contribution in [0.4, 0.5) is 0 Å². The molecular formula is C11H22O. The molecule has 0 saturated carbocycles. The van der Waals surface area contributed by atoms with Crippen molar-refractivity contribution >= 4 is 0 Å². The average Bonchev–Trinajstić information content (AvgIpc) is 2.02. The Morgan fingerprint density at radius 1 is 1.17 bits per heavy atom. The second-order valence-corrected chi connectivity index (χ2v) is 3.39. The smallest absolute Gasteiger partial charge is 0.0512 e. The van der Waals surface area contributed by atoms with Gasteiger partial charge in [0.2, 0.25) is 0 Å². The molecule has 0 aromatic heterocycles. The molecule has 0 amide bonds. The number of hydrogen-bond donors (Lipinski definition) is 1. The van der Waals surface area contributed by atoms with E-state index in [2.05, 4.69) is 19.1 Å². The molecule has 1 nitrogen and oxygen atoms in total. The van der Waals surface area contributed by atoms with E-state index in [4.69, 9.17) is 5.11 Å². The van der Waals surface area contributed by atoms with Crippen molar-refractivity contribution in [2.75, 3.05) is 0 Å². The summed E-state index contributed by atoms with van der Waals surface area (Å²) in [6.45, 7) is 4.05. The van der Waals surface area contributed by atoms with Gasteiger partial charge in [-0.25, -0.2) is 0 Å². The van der Waals surface area contributed by atoms with Crippen LogP contribution in [0.5, 0.6) is 0 Å². The number of aliphatic hydroxyl groups excluding tert-OH is 1. The molecule has 1 unspecified atom stereocenters. The quantitative estimate of drug-likeness (QED) is 0.459. The first kappa shape index (κ1) is 11.7. The molecule has 0 aliphatic rings. The average molecular weight is 170 g/mol. The van der Waals surface area contributed by atoms with Crippen molar-refractivity contribution in [1.82, 2.24) is 0 Å². The van der Waals surface area contributed by atoms with Crippen molar-refractivity contribution in [1.29, 1.82) is 0 Å². The first-order valence-corrected chi connectivity index (χ1v) is 5.10. The van der Waals surface area contributed by atoms with Crippen molar-refractivity contribution in [2.45, 2.75) is 58.5 Å². The molecule has 1 heteroatoms. The molecular weight excluding hydrogens is 148 g/mol. The molecule has 0 aromatic carbocycles. The van der Waals surface area contributed by atoms with Crippen molar-refractivity contribution in [3.05, 3.63) is 12.2 Å². The van der Waals surface area contributed by atoms with Crippen LogP contribution in [0.1, 0.15) is 52.4 Å². The van der Waals surface area contributed by atoms with Crippen LogP contribution in [-0.2, 0) is 0 Å². The zero-order valence-corrected chi connectivity index (χ0v) is 8.42. The van der Waals surface area contributed by atoms with E-state index in [1.807, 2.05) is 6.92 Å². The van der Waals surface area contributed by atoms with Gasteiger partial charge in [-0.05, 0) is 32.6 Å². The molecule has 0 heterocycles. The Morgan fingerprint density at radius 3 is 2.42 bits per heavy atom. The summed E-state index contributed by atoms with van der Waals surface area (Å²) in [5.41, 5.74) is 0. The van der Waals surface area contributed by atoms with E-state index in [0.29, 0.717) is 0 Å². The van der Waals surface area contributed by atoms with Crippen LogP contribution in [0.25, 0.3) is 0 Å². The van der Waals surface area contributed by atoms with Crippen molar-refractivity contribution in [3.63, 3.8) is 0 Å². The van der Waals surface area contributed by atoms with E-state index in [9.17, 15) is 0 Å². The third-order valence-electron chi connectivity index (χ3n) is 1.86. The van der Waals surface area contributed by atoms with Crippen LogP contribution in [0, 0.1) is 0 Å². The molecule has 0 aromatic rings. The van der Waals surface area contributed by atoms with Gasteiger partial charge in [0.15, 0.2) is 0 Å². The fourth-order valence-electron chi connectivity index (χ4n) is 1.10. The normalized spacial score (nSPS) is 13.9. The highest BCUT2D eigenvalue weighted by Gasteiger charge is 1.93. The predicted octanol–water partition coefficient (Wildman–Crippen LogP) is 3.28. The highest BCUT2D eigenvalue weighted by Crippen LogP contribution is 2.04. The standard InChI is InChI=1S/C11H22O/c1-3-4-5-6-7-8-9-10-11(2)12/h5-6,11-12H,3-4,7-10H2,1-2H3. The molecule has 0 bridgehead atoms. The van der Waals surface area contributed by atoms with Gasteiger partial charge in [0.05, 0.1) is 6.10 Å². The van der Waals surface area contributed by atoms with Crippen LogP contribution in [0.15, 0.2) is 12.2 Å². The van der Waals surface area contributed by atoms with Crippen LogP contribution in [0.3, 0.4) is 0 Å². The molecule has 0 aliphatic heterocycles. The number of aliphatic hydroxyl groups is 1. The van der Waals surface area contributed by atoms with Crippen LogP contribution in [0.2, 0.25) is 0 Å². The number of hydrogen-bond acceptors (Lipinski definition) is 1. The third kappa shape index (κ3) is 9.70. The molecule has 0 rings (SSSR count). The SMILES string of the molecule is CCCC=CCCCCC(C)O. The molecule has 0 fully saturated rings. The summed E-state index contributed by atoms with van der Waals surface area (Å²) < 4.78 is 0. The number of allylic oxidation sites excluding steroid dienone is 2. The summed E-state index contributed by atoms with van der Waals surface area (Å²) in [6.07, 6.45) is 11.3. The maximum absolute atomic E-state index is 8.98. The van der Waals surface area contributed by atoms with Gasteiger partial charge in [0.1, 0.15) is 0 Å². The Kier molecular flexibility index (Phi) is 8.57. The summed E-state index contributed by atoms with van der Waals surface area (Å²) in [5.74, 6) is 0. The lowest BCUT2D eigenvalue weighted by atomic mass is 10.1. The summed E-state index contributed by atoms with van der Waals surface area (Å²) in [5, 5.41) is 8.98. The molecule has 0 spiro atoms. The Hall–Kier alpha value is -0.300. The van der Waals surface area contributed by atoms with Gasteiger partial charge in [-0.2, -0.15) is 0 Å². The maximum Gasteiger partial charge on any atom is 0.0512 e. The lowest BCUT2D eigenvalue weighted by molar-refractivity contribution is 0.181. The second kappa shape index (κ2) is 8.79. The number of unbranched alkanes of at least 4 members (excludes halogenated alkanes) is 3. The van der Waals surface area contributed by atoms with Gasteiger partial charge in [-0.1, -0.05) is 31.9 Å². The van der Waals surface area contributed by atoms with Gasteiger partial charge < -0.3 is 5.11 Å². The second-order valence-electron chi connectivity index (χ2n) is 3.39. The van der Waals surface area contributed by atoms with E-state index in [0.717, 1.165) is 12.8 Å². The van der Waals surface area contributed by atoms with Gasteiger partial charge in [0.25, 0.3) is 0 Å². The van der Waals surface area contributed by atoms with Gasteiger partial charge in [-0.15, -0.1) is 0 Å².